The highest BCUT2D eigenvalue weighted by Crippen LogP contribution is 2.23. The van der Waals surface area contributed by atoms with Gasteiger partial charge in [-0.25, -0.2) is 9.59 Å². The molecule has 1 aromatic carbocycles. The molecular formula is C19H25N3O5. The first-order valence-corrected chi connectivity index (χ1v) is 9.29. The molecule has 2 heterocycles. The van der Waals surface area contributed by atoms with Gasteiger partial charge in [0.05, 0.1) is 0 Å². The van der Waals surface area contributed by atoms with Gasteiger partial charge in [0.1, 0.15) is 5.75 Å². The molecule has 2 aliphatic heterocycles. The average Bonchev–Trinajstić information content (AvgIpc) is 3.07. The fourth-order valence-corrected chi connectivity index (χ4v) is 3.64. The molecule has 0 radical (unpaired) electrons. The number of carboxylic acid groups (broad SMARTS) is 1. The lowest BCUT2D eigenvalue weighted by molar-refractivity contribution is -0.139. The molecule has 0 aliphatic carbocycles. The van der Waals surface area contributed by atoms with Crippen LogP contribution in [-0.2, 0) is 4.79 Å². The lowest BCUT2D eigenvalue weighted by atomic mass is 10.0. The topological polar surface area (TPSA) is 90.4 Å². The van der Waals surface area contributed by atoms with Crippen LogP contribution in [-0.4, -0.2) is 83.1 Å². The van der Waals surface area contributed by atoms with E-state index in [1.165, 1.54) is 0 Å². The lowest BCUT2D eigenvalue weighted by Gasteiger charge is -2.36. The van der Waals surface area contributed by atoms with Crippen molar-refractivity contribution in [2.24, 2.45) is 0 Å². The van der Waals surface area contributed by atoms with Gasteiger partial charge in [-0.15, -0.1) is 0 Å². The van der Waals surface area contributed by atoms with E-state index in [1.807, 2.05) is 21.6 Å². The van der Waals surface area contributed by atoms with Crippen LogP contribution in [0.2, 0.25) is 0 Å². The van der Waals surface area contributed by atoms with E-state index in [4.69, 9.17) is 9.84 Å². The van der Waals surface area contributed by atoms with E-state index in [0.717, 1.165) is 32.5 Å². The second-order valence-corrected chi connectivity index (χ2v) is 6.79. The Bertz CT molecular complexity index is 698. The van der Waals surface area contributed by atoms with Crippen LogP contribution in [0.3, 0.4) is 0 Å². The number of urea groups is 1. The van der Waals surface area contributed by atoms with Gasteiger partial charge >= 0.3 is 12.0 Å². The number of nitrogens with zero attached hydrogens (tertiary/aromatic N) is 3. The molecule has 3 amide bonds. The zero-order valence-corrected chi connectivity index (χ0v) is 15.5. The number of carbonyl (C=O) groups excluding carboxylic acids is 2. The van der Waals surface area contributed by atoms with Crippen molar-refractivity contribution < 1.29 is 24.2 Å². The number of hydrogen-bond donors (Lipinski definition) is 1. The number of amides is 3. The molecule has 2 aliphatic rings. The number of likely N-dealkylation sites (tertiary alicyclic amines) is 1. The highest BCUT2D eigenvalue weighted by atomic mass is 16.5. The van der Waals surface area contributed by atoms with Gasteiger partial charge in [-0.3, -0.25) is 4.79 Å². The second kappa shape index (κ2) is 8.28. The lowest BCUT2D eigenvalue weighted by Crippen LogP contribution is -2.48. The van der Waals surface area contributed by atoms with Gasteiger partial charge in [-0.05, 0) is 44.0 Å². The summed E-state index contributed by atoms with van der Waals surface area (Å²) in [4.78, 5) is 41.1. The van der Waals surface area contributed by atoms with Crippen molar-refractivity contribution in [3.8, 4) is 5.75 Å². The molecule has 0 bridgehead atoms. The van der Waals surface area contributed by atoms with Crippen LogP contribution in [0.25, 0.3) is 0 Å². The Morgan fingerprint density at radius 1 is 1.11 bits per heavy atom. The molecule has 0 saturated carbocycles. The molecule has 8 heteroatoms. The van der Waals surface area contributed by atoms with E-state index in [0.29, 0.717) is 24.4 Å². The van der Waals surface area contributed by atoms with Gasteiger partial charge in [0.25, 0.3) is 5.91 Å². The predicted molar refractivity (Wildman–Crippen MR) is 97.8 cm³/mol. The van der Waals surface area contributed by atoms with Crippen molar-refractivity contribution in [1.29, 1.82) is 0 Å². The molecule has 0 aromatic heterocycles. The summed E-state index contributed by atoms with van der Waals surface area (Å²) >= 11 is 0. The molecule has 0 unspecified atom stereocenters. The second-order valence-electron chi connectivity index (χ2n) is 6.79. The molecule has 146 valence electrons. The maximum atomic E-state index is 12.7. The molecule has 1 N–H and O–H groups in total. The van der Waals surface area contributed by atoms with Gasteiger partial charge in [-0.2, -0.15) is 0 Å². The highest BCUT2D eigenvalue weighted by Gasteiger charge is 2.35. The molecule has 0 atom stereocenters. The molecular weight excluding hydrogens is 350 g/mol. The molecule has 0 spiro atoms. The number of carboxylic acids is 1. The Morgan fingerprint density at radius 3 is 2.33 bits per heavy atom. The van der Waals surface area contributed by atoms with Crippen molar-refractivity contribution in [3.63, 3.8) is 0 Å². The summed E-state index contributed by atoms with van der Waals surface area (Å²) in [5, 5.41) is 8.62. The minimum absolute atomic E-state index is 0.0545. The fourth-order valence-electron chi connectivity index (χ4n) is 3.64. The summed E-state index contributed by atoms with van der Waals surface area (Å²) in [5.74, 6) is -0.682. The highest BCUT2D eigenvalue weighted by molar-refractivity contribution is 5.94. The first-order valence-electron chi connectivity index (χ1n) is 9.29. The number of ether oxygens (including phenoxy) is 1. The minimum atomic E-state index is -1.04. The van der Waals surface area contributed by atoms with Crippen molar-refractivity contribution in [3.05, 3.63) is 29.8 Å². The third-order valence-electron chi connectivity index (χ3n) is 5.16. The number of hydrogen-bond acceptors (Lipinski definition) is 4. The molecule has 2 saturated heterocycles. The number of benzene rings is 1. The largest absolute Gasteiger partial charge is 0.482 e. The van der Waals surface area contributed by atoms with Crippen molar-refractivity contribution in [2.75, 3.05) is 39.3 Å². The SMILES string of the molecule is CCN1CCN(C2CCN(C(=O)c3ccc(OCC(=O)O)cc3)CC2)C1=O. The maximum absolute atomic E-state index is 12.7. The van der Waals surface area contributed by atoms with E-state index < -0.39 is 12.6 Å². The maximum Gasteiger partial charge on any atom is 0.341 e. The molecule has 8 nitrogen and oxygen atoms in total. The van der Waals surface area contributed by atoms with Gasteiger partial charge < -0.3 is 24.5 Å². The van der Waals surface area contributed by atoms with E-state index in [2.05, 4.69) is 0 Å². The van der Waals surface area contributed by atoms with Crippen LogP contribution in [0, 0.1) is 0 Å². The van der Waals surface area contributed by atoms with Crippen LogP contribution in [0.5, 0.6) is 5.75 Å². The number of rotatable bonds is 6. The quantitative estimate of drug-likeness (QED) is 0.814. The molecule has 2 fully saturated rings. The van der Waals surface area contributed by atoms with Crippen LogP contribution in [0.1, 0.15) is 30.1 Å². The van der Waals surface area contributed by atoms with Crippen molar-refractivity contribution in [1.82, 2.24) is 14.7 Å². The summed E-state index contributed by atoms with van der Waals surface area (Å²) in [6.07, 6.45) is 1.57. The average molecular weight is 375 g/mol. The van der Waals surface area contributed by atoms with Gasteiger partial charge in [0.15, 0.2) is 6.61 Å². The zero-order chi connectivity index (χ0) is 19.4. The predicted octanol–water partition coefficient (Wildman–Crippen LogP) is 1.51. The number of carbonyl (C=O) groups is 3. The standard InChI is InChI=1S/C19H25N3O5/c1-2-20-11-12-22(19(20)26)15-7-9-21(10-8-15)18(25)14-3-5-16(6-4-14)27-13-17(23)24/h3-6,15H,2,7-13H2,1H3,(H,23,24). The third kappa shape index (κ3) is 4.32. The first kappa shape index (κ1) is 19.0. The van der Waals surface area contributed by atoms with Crippen LogP contribution in [0.15, 0.2) is 24.3 Å². The summed E-state index contributed by atoms with van der Waals surface area (Å²) in [5.41, 5.74) is 0.547. The van der Waals surface area contributed by atoms with Gasteiger partial charge in [-0.1, -0.05) is 0 Å². The van der Waals surface area contributed by atoms with Crippen molar-refractivity contribution in [2.45, 2.75) is 25.8 Å². The van der Waals surface area contributed by atoms with Crippen LogP contribution >= 0.6 is 0 Å². The zero-order valence-electron chi connectivity index (χ0n) is 15.5. The normalized spacial score (nSPS) is 18.1. The summed E-state index contributed by atoms with van der Waals surface area (Å²) in [6, 6.07) is 6.81. The minimum Gasteiger partial charge on any atom is -0.482 e. The Balaban J connectivity index is 1.52. The summed E-state index contributed by atoms with van der Waals surface area (Å²) in [7, 11) is 0. The number of piperidine rings is 1. The Hall–Kier alpha value is -2.77. The monoisotopic (exact) mass is 375 g/mol. The molecule has 27 heavy (non-hydrogen) atoms. The molecule has 1 aromatic rings. The van der Waals surface area contributed by atoms with E-state index >= 15 is 0 Å². The smallest absolute Gasteiger partial charge is 0.341 e. The third-order valence-corrected chi connectivity index (χ3v) is 5.16. The fraction of sp³-hybridized carbons (Fsp3) is 0.526. The number of likely N-dealkylation sites (N-methyl/N-ethyl adjacent to an activating group) is 1. The van der Waals surface area contributed by atoms with Gasteiger partial charge in [0, 0.05) is 44.3 Å². The van der Waals surface area contributed by atoms with Gasteiger partial charge in [0.2, 0.25) is 0 Å². The Labute approximate surface area is 158 Å². The van der Waals surface area contributed by atoms with E-state index in [9.17, 15) is 14.4 Å². The van der Waals surface area contributed by atoms with Crippen LogP contribution in [0.4, 0.5) is 4.79 Å². The Morgan fingerprint density at radius 2 is 1.78 bits per heavy atom. The first-order chi connectivity index (χ1) is 13.0. The summed E-state index contributed by atoms with van der Waals surface area (Å²) in [6.45, 7) is 5.10. The molecule has 3 rings (SSSR count). The van der Waals surface area contributed by atoms with Crippen LogP contribution < -0.4 is 4.74 Å². The van der Waals surface area contributed by atoms with E-state index in [-0.39, 0.29) is 18.0 Å². The van der Waals surface area contributed by atoms with Crippen molar-refractivity contribution >= 4 is 17.9 Å². The number of aliphatic carboxylic acids is 1. The Kier molecular flexibility index (Phi) is 5.83. The summed E-state index contributed by atoms with van der Waals surface area (Å²) < 4.78 is 5.08. The van der Waals surface area contributed by atoms with E-state index in [1.54, 1.807) is 24.3 Å².